The number of hydrogen-bond acceptors (Lipinski definition) is 0. The summed E-state index contributed by atoms with van der Waals surface area (Å²) in [6, 6.07) is 0. The van der Waals surface area contributed by atoms with E-state index in [9.17, 15) is 0 Å². The molecule has 0 atom stereocenters. The molecule has 0 amide bonds. The molecule has 0 nitrogen and oxygen atoms in total. The first-order valence-corrected chi connectivity index (χ1v) is 2.58. The van der Waals surface area contributed by atoms with Gasteiger partial charge in [-0.15, -0.1) is 0 Å². The Labute approximate surface area is 84.3 Å². The molecule has 0 saturated heterocycles. The molecular weight excluding hydrogens is 185 g/mol. The van der Waals surface area contributed by atoms with Crippen LogP contribution in [0.3, 0.4) is 0 Å². The van der Waals surface area contributed by atoms with Crippen LogP contribution in [0, 0.1) is 13.2 Å². The second kappa shape index (κ2) is 11.4. The molecule has 0 heterocycles. The summed E-state index contributed by atoms with van der Waals surface area (Å²) < 4.78 is 0. The number of rotatable bonds is 0. The Balaban J connectivity index is -0.0000000720. The standard InChI is InChI=1S/2C4H7.Y/c2*1-4(2)3;/h2*1H,2-3H3;/q2*-1;. The number of allylic oxidation sites excluding steroid dienone is 2. The summed E-state index contributed by atoms with van der Waals surface area (Å²) >= 11 is 0. The predicted molar refractivity (Wildman–Crippen MR) is 38.3 cm³/mol. The fourth-order valence-electron chi connectivity index (χ4n) is 0. The van der Waals surface area contributed by atoms with Gasteiger partial charge in [-0.05, 0) is 0 Å². The van der Waals surface area contributed by atoms with Crippen LogP contribution in [-0.2, 0) is 32.7 Å². The Kier molecular flexibility index (Phi) is 20.6. The van der Waals surface area contributed by atoms with Gasteiger partial charge in [-0.1, -0.05) is 27.7 Å². The Hall–Kier alpha value is 0.584. The van der Waals surface area contributed by atoms with Crippen LogP contribution in [0.2, 0.25) is 0 Å². The Morgan fingerprint density at radius 1 is 0.778 bits per heavy atom. The van der Waals surface area contributed by atoms with Crippen molar-refractivity contribution in [3.8, 4) is 0 Å². The minimum atomic E-state index is 0. The molecule has 0 aliphatic rings. The summed E-state index contributed by atoms with van der Waals surface area (Å²) in [5.74, 6) is 0. The van der Waals surface area contributed by atoms with E-state index in [1.807, 2.05) is 27.7 Å². The normalized spacial score (nSPS) is 5.78. The van der Waals surface area contributed by atoms with Gasteiger partial charge in [0.15, 0.2) is 0 Å². The molecule has 0 aromatic carbocycles. The molecule has 0 bridgehead atoms. The maximum atomic E-state index is 5.03. The first-order chi connectivity index (χ1) is 3.46. The molecule has 0 unspecified atom stereocenters. The quantitative estimate of drug-likeness (QED) is 0.526. The van der Waals surface area contributed by atoms with Crippen LogP contribution >= 0.6 is 0 Å². The van der Waals surface area contributed by atoms with Crippen molar-refractivity contribution in [3.05, 3.63) is 24.3 Å². The Morgan fingerprint density at radius 2 is 0.778 bits per heavy atom. The van der Waals surface area contributed by atoms with Crippen LogP contribution in [0.5, 0.6) is 0 Å². The van der Waals surface area contributed by atoms with Crippen LogP contribution in [0.4, 0.5) is 0 Å². The SMILES string of the molecule is [CH-]=C(C)C.[CH-]=C(C)C.[Y]. The van der Waals surface area contributed by atoms with E-state index < -0.39 is 0 Å². The summed E-state index contributed by atoms with van der Waals surface area (Å²) in [7, 11) is 0. The molecule has 0 fully saturated rings. The average molecular weight is 199 g/mol. The van der Waals surface area contributed by atoms with Gasteiger partial charge in [0.1, 0.15) is 0 Å². The van der Waals surface area contributed by atoms with Gasteiger partial charge >= 0.3 is 0 Å². The third-order valence-corrected chi connectivity index (χ3v) is 0. The third kappa shape index (κ3) is 1090. The molecule has 0 aromatic heterocycles. The molecule has 0 aliphatic heterocycles. The van der Waals surface area contributed by atoms with Crippen LogP contribution in [0.15, 0.2) is 11.1 Å². The maximum Gasteiger partial charge on any atom is 0 e. The van der Waals surface area contributed by atoms with Crippen LogP contribution in [0.1, 0.15) is 27.7 Å². The van der Waals surface area contributed by atoms with Gasteiger partial charge in [0.05, 0.1) is 0 Å². The zero-order valence-corrected chi connectivity index (χ0v) is 9.57. The molecule has 0 N–H and O–H groups in total. The van der Waals surface area contributed by atoms with Crippen LogP contribution in [0.25, 0.3) is 0 Å². The van der Waals surface area contributed by atoms with E-state index in [1.54, 1.807) is 0 Å². The van der Waals surface area contributed by atoms with E-state index in [-0.39, 0.29) is 32.7 Å². The topological polar surface area (TPSA) is 0 Å². The molecule has 1 radical (unpaired) electrons. The van der Waals surface area contributed by atoms with Crippen molar-refractivity contribution in [1.29, 1.82) is 0 Å². The van der Waals surface area contributed by atoms with E-state index in [0.717, 1.165) is 11.1 Å². The van der Waals surface area contributed by atoms with Gasteiger partial charge in [-0.3, -0.25) is 11.1 Å². The zero-order valence-electron chi connectivity index (χ0n) is 6.73. The molecular formula is C8H14Y-2. The van der Waals surface area contributed by atoms with Gasteiger partial charge < -0.3 is 13.2 Å². The molecule has 0 rings (SSSR count). The summed E-state index contributed by atoms with van der Waals surface area (Å²) in [5, 5.41) is 0. The van der Waals surface area contributed by atoms with E-state index >= 15 is 0 Å². The minimum absolute atomic E-state index is 0. The van der Waals surface area contributed by atoms with E-state index in [4.69, 9.17) is 13.2 Å². The molecule has 0 spiro atoms. The predicted octanol–water partition coefficient (Wildman–Crippen LogP) is 2.77. The summed E-state index contributed by atoms with van der Waals surface area (Å²) in [6.45, 7) is 17.5. The van der Waals surface area contributed by atoms with E-state index in [1.165, 1.54) is 0 Å². The van der Waals surface area contributed by atoms with Crippen molar-refractivity contribution in [2.24, 2.45) is 0 Å². The third-order valence-electron chi connectivity index (χ3n) is 0. The second-order valence-corrected chi connectivity index (χ2v) is 2.15. The van der Waals surface area contributed by atoms with Crippen molar-refractivity contribution in [1.82, 2.24) is 0 Å². The molecule has 1 heteroatoms. The van der Waals surface area contributed by atoms with Crippen molar-refractivity contribution in [2.75, 3.05) is 0 Å². The van der Waals surface area contributed by atoms with Crippen molar-refractivity contribution in [3.63, 3.8) is 0 Å². The molecule has 9 heavy (non-hydrogen) atoms. The fraction of sp³-hybridized carbons (Fsp3) is 0.500. The Morgan fingerprint density at radius 3 is 0.778 bits per heavy atom. The second-order valence-electron chi connectivity index (χ2n) is 2.15. The van der Waals surface area contributed by atoms with Crippen molar-refractivity contribution >= 4 is 0 Å². The van der Waals surface area contributed by atoms with Crippen molar-refractivity contribution < 1.29 is 32.7 Å². The smallest absolute Gasteiger partial charge is 0 e. The summed E-state index contributed by atoms with van der Waals surface area (Å²) in [5.41, 5.74) is 1.83. The first kappa shape index (κ1) is 16.3. The Bertz CT molecular complexity index is 62.6. The largest absolute Gasteiger partial charge is 0.515 e. The first-order valence-electron chi connectivity index (χ1n) is 2.58. The van der Waals surface area contributed by atoms with Crippen LogP contribution < -0.4 is 0 Å². The number of hydrogen-bond donors (Lipinski definition) is 0. The summed E-state index contributed by atoms with van der Waals surface area (Å²) in [6.07, 6.45) is 0. The van der Waals surface area contributed by atoms with Crippen LogP contribution in [-0.4, -0.2) is 0 Å². The van der Waals surface area contributed by atoms with Gasteiger partial charge in [0.25, 0.3) is 0 Å². The zero-order chi connectivity index (χ0) is 7.15. The van der Waals surface area contributed by atoms with Gasteiger partial charge in [0, 0.05) is 32.7 Å². The van der Waals surface area contributed by atoms with Crippen molar-refractivity contribution in [2.45, 2.75) is 27.7 Å². The minimum Gasteiger partial charge on any atom is -0.515 e. The van der Waals surface area contributed by atoms with E-state index in [2.05, 4.69) is 0 Å². The maximum absolute atomic E-state index is 5.03. The monoisotopic (exact) mass is 199 g/mol. The van der Waals surface area contributed by atoms with E-state index in [0.29, 0.717) is 0 Å². The fourth-order valence-corrected chi connectivity index (χ4v) is 0. The average Bonchev–Trinajstić information content (AvgIpc) is 1.25. The molecule has 0 aromatic rings. The summed E-state index contributed by atoms with van der Waals surface area (Å²) in [4.78, 5) is 0. The van der Waals surface area contributed by atoms with Gasteiger partial charge in [-0.25, -0.2) is 0 Å². The van der Waals surface area contributed by atoms with Gasteiger partial charge in [0.2, 0.25) is 0 Å². The van der Waals surface area contributed by atoms with Gasteiger partial charge in [-0.2, -0.15) is 0 Å². The molecule has 51 valence electrons. The molecule has 0 aliphatic carbocycles. The molecule has 0 saturated carbocycles.